The molecule has 0 saturated heterocycles. The van der Waals surface area contributed by atoms with Crippen molar-refractivity contribution in [2.45, 2.75) is 19.5 Å². The summed E-state index contributed by atoms with van der Waals surface area (Å²) in [5.74, 6) is 0. The Morgan fingerprint density at radius 1 is 1.22 bits per heavy atom. The molecule has 0 aromatic heterocycles. The van der Waals surface area contributed by atoms with Gasteiger partial charge in [0.25, 0.3) is 0 Å². The average Bonchev–Trinajstić information content (AvgIpc) is 2.12. The monoisotopic (exact) mass is 126 g/mol. The predicted molar refractivity (Wildman–Crippen MR) is 38.7 cm³/mol. The molecule has 9 heavy (non-hydrogen) atoms. The summed E-state index contributed by atoms with van der Waals surface area (Å²) < 4.78 is 0. The van der Waals surface area contributed by atoms with Crippen LogP contribution in [0.4, 0.5) is 0 Å². The Kier molecular flexibility index (Phi) is 1.65. The summed E-state index contributed by atoms with van der Waals surface area (Å²) in [6.45, 7) is 2.20. The number of rotatable bonds is 1. The average molecular weight is 126 g/mol. The van der Waals surface area contributed by atoms with Gasteiger partial charge < -0.3 is 9.80 Å². The molecule has 0 N–H and O–H groups in total. The molecule has 1 heterocycles. The second-order valence-corrected chi connectivity index (χ2v) is 2.52. The third-order valence-electron chi connectivity index (χ3n) is 1.84. The summed E-state index contributed by atoms with van der Waals surface area (Å²) in [5.41, 5.74) is 0. The van der Waals surface area contributed by atoms with Crippen molar-refractivity contribution in [3.63, 3.8) is 0 Å². The molecule has 0 radical (unpaired) electrons. The van der Waals surface area contributed by atoms with Gasteiger partial charge in [0.15, 0.2) is 0 Å². The Balaban J connectivity index is 2.53. The van der Waals surface area contributed by atoms with Crippen molar-refractivity contribution in [3.05, 3.63) is 12.4 Å². The molecule has 2 heteroatoms. The van der Waals surface area contributed by atoms with Crippen LogP contribution in [0.2, 0.25) is 0 Å². The first kappa shape index (κ1) is 6.46. The summed E-state index contributed by atoms with van der Waals surface area (Å²) >= 11 is 0. The van der Waals surface area contributed by atoms with E-state index in [9.17, 15) is 0 Å². The minimum Gasteiger partial charge on any atom is -0.359 e. The molecule has 0 bridgehead atoms. The highest BCUT2D eigenvalue weighted by Gasteiger charge is 2.16. The Hall–Kier alpha value is -0.660. The predicted octanol–water partition coefficient (Wildman–Crippen LogP) is 1.07. The maximum absolute atomic E-state index is 2.22. The topological polar surface area (TPSA) is 6.48 Å². The van der Waals surface area contributed by atoms with E-state index in [4.69, 9.17) is 0 Å². The smallest absolute Gasteiger partial charge is 0.0998 e. The van der Waals surface area contributed by atoms with Crippen LogP contribution in [0.3, 0.4) is 0 Å². The van der Waals surface area contributed by atoms with Crippen molar-refractivity contribution in [3.8, 4) is 0 Å². The Morgan fingerprint density at radius 3 is 1.89 bits per heavy atom. The maximum atomic E-state index is 2.22. The second-order valence-electron chi connectivity index (χ2n) is 2.52. The molecule has 0 saturated carbocycles. The van der Waals surface area contributed by atoms with Gasteiger partial charge in [-0.1, -0.05) is 6.92 Å². The maximum Gasteiger partial charge on any atom is 0.0998 e. The normalized spacial score (nSPS) is 19.9. The molecule has 0 aromatic rings. The van der Waals surface area contributed by atoms with E-state index in [1.807, 2.05) is 0 Å². The lowest BCUT2D eigenvalue weighted by Gasteiger charge is -2.25. The zero-order valence-electron chi connectivity index (χ0n) is 6.33. The van der Waals surface area contributed by atoms with Gasteiger partial charge in [0.05, 0.1) is 6.17 Å². The fourth-order valence-corrected chi connectivity index (χ4v) is 1.27. The molecule has 0 spiro atoms. The van der Waals surface area contributed by atoms with E-state index in [0.717, 1.165) is 0 Å². The van der Waals surface area contributed by atoms with Gasteiger partial charge >= 0.3 is 0 Å². The van der Waals surface area contributed by atoms with Gasteiger partial charge in [0, 0.05) is 26.5 Å². The van der Waals surface area contributed by atoms with Crippen LogP contribution in [0, 0.1) is 0 Å². The summed E-state index contributed by atoms with van der Waals surface area (Å²) in [6.07, 6.45) is 5.98. The standard InChI is InChI=1S/C7H14N2/c1-4-7-8(2)5-6-9(7)3/h5-7H,4H2,1-3H3. The van der Waals surface area contributed by atoms with Crippen LogP contribution >= 0.6 is 0 Å². The van der Waals surface area contributed by atoms with E-state index in [0.29, 0.717) is 6.17 Å². The molecule has 0 aromatic carbocycles. The fourth-order valence-electron chi connectivity index (χ4n) is 1.27. The van der Waals surface area contributed by atoms with Crippen LogP contribution in [-0.4, -0.2) is 30.1 Å². The lowest BCUT2D eigenvalue weighted by Crippen LogP contribution is -2.32. The zero-order valence-corrected chi connectivity index (χ0v) is 6.33. The molecule has 1 rings (SSSR count). The first-order valence-electron chi connectivity index (χ1n) is 3.38. The molecule has 0 unspecified atom stereocenters. The Labute approximate surface area is 56.8 Å². The third kappa shape index (κ3) is 1.02. The highest BCUT2D eigenvalue weighted by atomic mass is 15.4. The van der Waals surface area contributed by atoms with Crippen LogP contribution in [0.1, 0.15) is 13.3 Å². The fraction of sp³-hybridized carbons (Fsp3) is 0.714. The van der Waals surface area contributed by atoms with E-state index in [-0.39, 0.29) is 0 Å². The van der Waals surface area contributed by atoms with Gasteiger partial charge in [-0.3, -0.25) is 0 Å². The molecule has 1 aliphatic rings. The first-order valence-corrected chi connectivity index (χ1v) is 3.38. The molecule has 0 aliphatic carbocycles. The van der Waals surface area contributed by atoms with Crippen molar-refractivity contribution in [2.75, 3.05) is 14.1 Å². The van der Waals surface area contributed by atoms with E-state index in [1.165, 1.54) is 6.42 Å². The number of hydrogen-bond donors (Lipinski definition) is 0. The van der Waals surface area contributed by atoms with Crippen molar-refractivity contribution < 1.29 is 0 Å². The van der Waals surface area contributed by atoms with Gasteiger partial charge in [-0.25, -0.2) is 0 Å². The third-order valence-corrected chi connectivity index (χ3v) is 1.84. The van der Waals surface area contributed by atoms with Crippen LogP contribution in [0.5, 0.6) is 0 Å². The van der Waals surface area contributed by atoms with E-state index in [1.54, 1.807) is 0 Å². The van der Waals surface area contributed by atoms with Crippen molar-refractivity contribution in [2.24, 2.45) is 0 Å². The molecular formula is C7H14N2. The Morgan fingerprint density at radius 2 is 1.67 bits per heavy atom. The first-order chi connectivity index (χ1) is 4.25. The minimum absolute atomic E-state index is 0.588. The molecule has 2 nitrogen and oxygen atoms in total. The van der Waals surface area contributed by atoms with Gasteiger partial charge in [-0.2, -0.15) is 0 Å². The van der Waals surface area contributed by atoms with Gasteiger partial charge in [-0.15, -0.1) is 0 Å². The Bertz CT molecular complexity index is 108. The van der Waals surface area contributed by atoms with E-state index in [2.05, 4.69) is 43.2 Å². The van der Waals surface area contributed by atoms with Gasteiger partial charge in [-0.05, 0) is 6.42 Å². The van der Waals surface area contributed by atoms with Gasteiger partial charge in [0.1, 0.15) is 0 Å². The van der Waals surface area contributed by atoms with Crippen LogP contribution in [0.25, 0.3) is 0 Å². The van der Waals surface area contributed by atoms with Crippen molar-refractivity contribution >= 4 is 0 Å². The van der Waals surface area contributed by atoms with Crippen LogP contribution in [0.15, 0.2) is 12.4 Å². The van der Waals surface area contributed by atoms with Crippen LogP contribution < -0.4 is 0 Å². The second kappa shape index (κ2) is 2.29. The summed E-state index contributed by atoms with van der Waals surface area (Å²) in [4.78, 5) is 4.44. The number of hydrogen-bond acceptors (Lipinski definition) is 2. The molecule has 0 amide bonds. The lowest BCUT2D eigenvalue weighted by atomic mass is 10.3. The minimum atomic E-state index is 0.588. The quantitative estimate of drug-likeness (QED) is 0.518. The summed E-state index contributed by atoms with van der Waals surface area (Å²) in [7, 11) is 4.21. The summed E-state index contributed by atoms with van der Waals surface area (Å²) in [6, 6.07) is 0. The molecule has 1 aliphatic heterocycles. The molecule has 0 atom stereocenters. The summed E-state index contributed by atoms with van der Waals surface area (Å²) in [5, 5.41) is 0. The van der Waals surface area contributed by atoms with Gasteiger partial charge in [0.2, 0.25) is 0 Å². The lowest BCUT2D eigenvalue weighted by molar-refractivity contribution is 0.199. The van der Waals surface area contributed by atoms with Crippen molar-refractivity contribution in [1.82, 2.24) is 9.80 Å². The highest BCUT2D eigenvalue weighted by molar-refractivity contribution is 4.92. The molecule has 0 fully saturated rings. The highest BCUT2D eigenvalue weighted by Crippen LogP contribution is 2.13. The largest absolute Gasteiger partial charge is 0.359 e. The SMILES string of the molecule is CCC1N(C)C=CN1C. The number of nitrogens with zero attached hydrogens (tertiary/aromatic N) is 2. The van der Waals surface area contributed by atoms with Crippen LogP contribution in [-0.2, 0) is 0 Å². The molecular weight excluding hydrogens is 112 g/mol. The van der Waals surface area contributed by atoms with E-state index >= 15 is 0 Å². The van der Waals surface area contributed by atoms with Crippen molar-refractivity contribution in [1.29, 1.82) is 0 Å². The van der Waals surface area contributed by atoms with E-state index < -0.39 is 0 Å². The molecule has 52 valence electrons. The zero-order chi connectivity index (χ0) is 6.85.